The summed E-state index contributed by atoms with van der Waals surface area (Å²) in [6.07, 6.45) is 3.07. The number of halogens is 2. The monoisotopic (exact) mass is 580 g/mol. The Bertz CT molecular complexity index is 1540. The topological polar surface area (TPSA) is 104 Å². The number of aromatic hydroxyl groups is 1. The number of phenols is 1. The van der Waals surface area contributed by atoms with Gasteiger partial charge in [0.05, 0.1) is 41.0 Å². The lowest BCUT2D eigenvalue weighted by Crippen LogP contribution is -2.48. The molecule has 4 aliphatic rings. The molecule has 214 valence electrons. The van der Waals surface area contributed by atoms with Crippen molar-refractivity contribution in [3.05, 3.63) is 64.5 Å². The minimum atomic E-state index is -1.34. The highest BCUT2D eigenvalue weighted by Gasteiger charge is 2.67. The molecule has 3 fully saturated rings. The largest absolute Gasteiger partial charge is 0.508 e. The van der Waals surface area contributed by atoms with E-state index in [1.165, 1.54) is 30.2 Å². The Morgan fingerprint density at radius 2 is 1.83 bits per heavy atom. The van der Waals surface area contributed by atoms with Gasteiger partial charge in [-0.3, -0.25) is 24.1 Å². The van der Waals surface area contributed by atoms with Crippen LogP contribution in [0.25, 0.3) is 0 Å². The number of anilines is 1. The van der Waals surface area contributed by atoms with Gasteiger partial charge in [0.15, 0.2) is 0 Å². The molecule has 0 unspecified atom stereocenters. The molecule has 0 radical (unpaired) electrons. The summed E-state index contributed by atoms with van der Waals surface area (Å²) in [4.78, 5) is 57.7. The van der Waals surface area contributed by atoms with Gasteiger partial charge >= 0.3 is 0 Å². The van der Waals surface area contributed by atoms with E-state index < -0.39 is 52.6 Å². The first-order chi connectivity index (χ1) is 19.5. The zero-order valence-electron chi connectivity index (χ0n) is 22.9. The first kappa shape index (κ1) is 27.4. The zero-order chi connectivity index (χ0) is 29.4. The summed E-state index contributed by atoms with van der Waals surface area (Å²) >= 11 is 6.03. The van der Waals surface area contributed by atoms with Crippen molar-refractivity contribution in [2.75, 3.05) is 18.6 Å². The van der Waals surface area contributed by atoms with Gasteiger partial charge in [0.1, 0.15) is 17.3 Å². The number of hydrogen-bond acceptors (Lipinski definition) is 6. The molecule has 2 aromatic carbocycles. The number of methoxy groups -OCH3 is 1. The highest BCUT2D eigenvalue weighted by molar-refractivity contribution is 6.31. The Kier molecular flexibility index (Phi) is 6.48. The van der Waals surface area contributed by atoms with E-state index in [-0.39, 0.29) is 34.7 Å². The molecular formula is C31H30ClFN2O6. The molecule has 41 heavy (non-hydrogen) atoms. The number of benzene rings is 2. The van der Waals surface area contributed by atoms with Crippen LogP contribution in [-0.4, -0.2) is 47.3 Å². The van der Waals surface area contributed by atoms with Crippen LogP contribution in [-0.2, 0) is 19.2 Å². The normalized spacial score (nSPS) is 30.8. The van der Waals surface area contributed by atoms with Gasteiger partial charge in [0.2, 0.25) is 23.6 Å². The smallest absolute Gasteiger partial charge is 0.241 e. The standard InChI is InChI=1S/C31H30ClFN2O6/c1-4-11-34-27(37)19-9-8-17-20(25(19)29(34)39)14-21-28(38)35(15-5-10-23(33)22(32)12-15)30(40)31(21,2)26(17)18-7-6-16(41-3)13-24(18)36/h5-8,10,12-13,19-21,25-26,36H,4,9,11,14H2,1-3H3/t19-,20+,21-,25-,26+,31+/m0/s1. The quantitative estimate of drug-likeness (QED) is 0.401. The van der Waals surface area contributed by atoms with Crippen LogP contribution in [0.15, 0.2) is 48.0 Å². The van der Waals surface area contributed by atoms with Crippen molar-refractivity contribution in [3.63, 3.8) is 0 Å². The van der Waals surface area contributed by atoms with Gasteiger partial charge in [-0.1, -0.05) is 36.2 Å². The van der Waals surface area contributed by atoms with Crippen molar-refractivity contribution >= 4 is 40.9 Å². The number of ether oxygens (including phenoxy) is 1. The number of likely N-dealkylation sites (tertiary alicyclic amines) is 1. The summed E-state index contributed by atoms with van der Waals surface area (Å²) in [6, 6.07) is 8.49. The Morgan fingerprint density at radius 1 is 1.07 bits per heavy atom. The van der Waals surface area contributed by atoms with Crippen molar-refractivity contribution in [1.82, 2.24) is 4.90 Å². The Labute approximate surface area is 241 Å². The van der Waals surface area contributed by atoms with Crippen molar-refractivity contribution < 1.29 is 33.4 Å². The molecule has 0 aromatic heterocycles. The summed E-state index contributed by atoms with van der Waals surface area (Å²) in [5.74, 6) is -5.11. The van der Waals surface area contributed by atoms with Gasteiger partial charge in [-0.2, -0.15) is 0 Å². The molecule has 6 atom stereocenters. The first-order valence-corrected chi connectivity index (χ1v) is 14.2. The second-order valence-corrected chi connectivity index (χ2v) is 11.9. The Morgan fingerprint density at radius 3 is 2.49 bits per heavy atom. The van der Waals surface area contributed by atoms with E-state index in [1.54, 1.807) is 19.1 Å². The maximum absolute atomic E-state index is 14.3. The SMILES string of the molecule is CCCN1C(=O)[C@H]2[C@H](CC=C3[C@H]2C[C@H]2C(=O)N(c4ccc(F)c(Cl)c4)C(=O)[C@@]2(C)[C@H]3c2ccc(OC)cc2O)C1=O. The van der Waals surface area contributed by atoms with Crippen molar-refractivity contribution in [2.24, 2.45) is 29.1 Å². The average Bonchev–Trinajstić information content (AvgIpc) is 3.30. The van der Waals surface area contributed by atoms with E-state index in [0.717, 1.165) is 16.5 Å². The van der Waals surface area contributed by atoms with Crippen molar-refractivity contribution in [2.45, 2.75) is 39.0 Å². The van der Waals surface area contributed by atoms with E-state index in [1.807, 2.05) is 13.0 Å². The fourth-order valence-electron chi connectivity index (χ4n) is 7.63. The number of nitrogens with zero attached hydrogens (tertiary/aromatic N) is 2. The van der Waals surface area contributed by atoms with Crippen LogP contribution in [0.1, 0.15) is 44.6 Å². The average molecular weight is 581 g/mol. The lowest BCUT2D eigenvalue weighted by atomic mass is 9.51. The number of carbonyl (C=O) groups is 4. The second-order valence-electron chi connectivity index (χ2n) is 11.5. The molecule has 2 saturated heterocycles. The predicted molar refractivity (Wildman–Crippen MR) is 148 cm³/mol. The molecule has 2 aromatic rings. The number of rotatable bonds is 5. The molecular weight excluding hydrogens is 551 g/mol. The molecule has 2 aliphatic heterocycles. The van der Waals surface area contributed by atoms with E-state index >= 15 is 0 Å². The fourth-order valence-corrected chi connectivity index (χ4v) is 7.81. The van der Waals surface area contributed by atoms with E-state index in [2.05, 4.69) is 0 Å². The highest BCUT2D eigenvalue weighted by atomic mass is 35.5. The first-order valence-electron chi connectivity index (χ1n) is 13.8. The number of allylic oxidation sites excluding steroid dienone is 2. The fraction of sp³-hybridized carbons (Fsp3) is 0.419. The zero-order valence-corrected chi connectivity index (χ0v) is 23.7. The minimum absolute atomic E-state index is 0.108. The minimum Gasteiger partial charge on any atom is -0.508 e. The summed E-state index contributed by atoms with van der Waals surface area (Å²) in [5, 5.41) is 11.0. The third-order valence-corrected chi connectivity index (χ3v) is 9.81. The number of fused-ring (bicyclic) bond motifs is 4. The van der Waals surface area contributed by atoms with Crippen molar-refractivity contribution in [3.8, 4) is 11.5 Å². The Balaban J connectivity index is 1.52. The van der Waals surface area contributed by atoms with Gasteiger partial charge in [-0.05, 0) is 56.4 Å². The molecule has 6 rings (SSSR count). The van der Waals surface area contributed by atoms with E-state index in [4.69, 9.17) is 16.3 Å². The van der Waals surface area contributed by atoms with E-state index in [9.17, 15) is 28.7 Å². The summed E-state index contributed by atoms with van der Waals surface area (Å²) in [5.41, 5.74) is 0.00412. The lowest BCUT2D eigenvalue weighted by Gasteiger charge is -2.49. The number of phenolic OH excluding ortho intramolecular Hbond substituents is 1. The van der Waals surface area contributed by atoms with Gasteiger partial charge < -0.3 is 9.84 Å². The van der Waals surface area contributed by atoms with Crippen LogP contribution in [0.5, 0.6) is 11.5 Å². The van der Waals surface area contributed by atoms with Gasteiger partial charge in [0, 0.05) is 24.1 Å². The van der Waals surface area contributed by atoms with Crippen LogP contribution in [0, 0.1) is 34.9 Å². The van der Waals surface area contributed by atoms with Gasteiger partial charge in [0.25, 0.3) is 0 Å². The molecule has 1 saturated carbocycles. The predicted octanol–water partition coefficient (Wildman–Crippen LogP) is 4.83. The number of hydrogen-bond donors (Lipinski definition) is 1. The molecule has 10 heteroatoms. The summed E-state index contributed by atoms with van der Waals surface area (Å²) in [7, 11) is 1.47. The van der Waals surface area contributed by atoms with Crippen molar-refractivity contribution in [1.29, 1.82) is 0 Å². The molecule has 2 aliphatic carbocycles. The highest BCUT2D eigenvalue weighted by Crippen LogP contribution is 2.64. The molecule has 0 bridgehead atoms. The maximum atomic E-state index is 14.3. The molecule has 1 N–H and O–H groups in total. The molecule has 0 spiro atoms. The molecule has 4 amide bonds. The summed E-state index contributed by atoms with van der Waals surface area (Å²) < 4.78 is 19.3. The number of imide groups is 2. The van der Waals surface area contributed by atoms with Crippen LogP contribution >= 0.6 is 11.6 Å². The second kappa shape index (κ2) is 9.69. The molecule has 8 nitrogen and oxygen atoms in total. The van der Waals surface area contributed by atoms with Crippen LogP contribution in [0.3, 0.4) is 0 Å². The third-order valence-electron chi connectivity index (χ3n) is 9.52. The number of amides is 4. The van der Waals surface area contributed by atoms with E-state index in [0.29, 0.717) is 30.7 Å². The Hall–Kier alpha value is -3.72. The summed E-state index contributed by atoms with van der Waals surface area (Å²) in [6.45, 7) is 3.94. The van der Waals surface area contributed by atoms with Gasteiger partial charge in [-0.25, -0.2) is 9.29 Å². The van der Waals surface area contributed by atoms with Gasteiger partial charge in [-0.15, -0.1) is 0 Å². The lowest BCUT2D eigenvalue weighted by molar-refractivity contribution is -0.140. The maximum Gasteiger partial charge on any atom is 0.241 e. The van der Waals surface area contributed by atoms with Crippen LogP contribution in [0.2, 0.25) is 5.02 Å². The van der Waals surface area contributed by atoms with Crippen LogP contribution < -0.4 is 9.64 Å². The number of carbonyl (C=O) groups excluding carboxylic acids is 4. The third kappa shape index (κ3) is 3.77. The van der Waals surface area contributed by atoms with Crippen LogP contribution in [0.4, 0.5) is 10.1 Å². The molecule has 2 heterocycles.